The Labute approximate surface area is 154 Å². The van der Waals surface area contributed by atoms with E-state index in [2.05, 4.69) is 46.2 Å². The SMILES string of the molecule is CCN(CC)c1cc(Nc2ccc(OCc3ccccc3)cc2)ncn1. The van der Waals surface area contributed by atoms with Crippen LogP contribution in [0.4, 0.5) is 17.3 Å². The monoisotopic (exact) mass is 348 g/mol. The summed E-state index contributed by atoms with van der Waals surface area (Å²) in [7, 11) is 0. The molecule has 0 fully saturated rings. The smallest absolute Gasteiger partial charge is 0.135 e. The lowest BCUT2D eigenvalue weighted by atomic mass is 10.2. The summed E-state index contributed by atoms with van der Waals surface area (Å²) in [6.07, 6.45) is 1.59. The summed E-state index contributed by atoms with van der Waals surface area (Å²) in [4.78, 5) is 10.8. The molecule has 0 unspecified atom stereocenters. The number of nitrogens with zero attached hydrogens (tertiary/aromatic N) is 3. The minimum Gasteiger partial charge on any atom is -0.489 e. The molecule has 0 spiro atoms. The third-order valence-corrected chi connectivity index (χ3v) is 4.12. The molecule has 1 aromatic heterocycles. The fourth-order valence-electron chi connectivity index (χ4n) is 2.66. The van der Waals surface area contributed by atoms with E-state index in [-0.39, 0.29) is 0 Å². The van der Waals surface area contributed by atoms with Crippen LogP contribution in [0.3, 0.4) is 0 Å². The zero-order chi connectivity index (χ0) is 18.2. The normalized spacial score (nSPS) is 10.4. The topological polar surface area (TPSA) is 50.3 Å². The standard InChI is InChI=1S/C21H24N4O/c1-3-25(4-2)21-14-20(22-16-23-21)24-18-10-12-19(13-11-18)26-15-17-8-6-5-7-9-17/h5-14,16H,3-4,15H2,1-2H3,(H,22,23,24). The van der Waals surface area contributed by atoms with Crippen molar-refractivity contribution >= 4 is 17.3 Å². The number of anilines is 3. The molecule has 5 nitrogen and oxygen atoms in total. The molecule has 0 aliphatic rings. The van der Waals surface area contributed by atoms with Crippen molar-refractivity contribution in [3.8, 4) is 5.75 Å². The van der Waals surface area contributed by atoms with Gasteiger partial charge in [-0.15, -0.1) is 0 Å². The summed E-state index contributed by atoms with van der Waals surface area (Å²) >= 11 is 0. The number of hydrogen-bond donors (Lipinski definition) is 1. The largest absolute Gasteiger partial charge is 0.489 e. The Morgan fingerprint density at radius 1 is 0.923 bits per heavy atom. The van der Waals surface area contributed by atoms with E-state index in [1.54, 1.807) is 6.33 Å². The predicted molar refractivity (Wildman–Crippen MR) is 106 cm³/mol. The molecule has 1 N–H and O–H groups in total. The highest BCUT2D eigenvalue weighted by atomic mass is 16.5. The van der Waals surface area contributed by atoms with Gasteiger partial charge >= 0.3 is 0 Å². The number of nitrogens with one attached hydrogen (secondary N) is 1. The van der Waals surface area contributed by atoms with E-state index >= 15 is 0 Å². The van der Waals surface area contributed by atoms with Crippen LogP contribution in [0.1, 0.15) is 19.4 Å². The van der Waals surface area contributed by atoms with Gasteiger partial charge in [-0.05, 0) is 43.7 Å². The third kappa shape index (κ3) is 4.72. The maximum absolute atomic E-state index is 5.82. The van der Waals surface area contributed by atoms with Crippen LogP contribution < -0.4 is 15.0 Å². The average Bonchev–Trinajstić information content (AvgIpc) is 2.70. The van der Waals surface area contributed by atoms with Crippen LogP contribution >= 0.6 is 0 Å². The van der Waals surface area contributed by atoms with E-state index in [0.717, 1.165) is 41.7 Å². The molecular formula is C21H24N4O. The molecule has 0 saturated heterocycles. The van der Waals surface area contributed by atoms with Crippen LogP contribution in [0.25, 0.3) is 0 Å². The number of benzene rings is 2. The maximum Gasteiger partial charge on any atom is 0.135 e. The molecule has 5 heteroatoms. The highest BCUT2D eigenvalue weighted by Crippen LogP contribution is 2.21. The van der Waals surface area contributed by atoms with Crippen molar-refractivity contribution in [3.63, 3.8) is 0 Å². The first-order valence-corrected chi connectivity index (χ1v) is 8.89. The maximum atomic E-state index is 5.82. The van der Waals surface area contributed by atoms with Crippen molar-refractivity contribution in [1.29, 1.82) is 0 Å². The van der Waals surface area contributed by atoms with E-state index in [1.807, 2.05) is 48.5 Å². The molecule has 2 aromatic carbocycles. The van der Waals surface area contributed by atoms with Crippen LogP contribution in [0.15, 0.2) is 67.0 Å². The lowest BCUT2D eigenvalue weighted by Gasteiger charge is -2.19. The second kappa shape index (κ2) is 8.85. The Morgan fingerprint density at radius 3 is 2.35 bits per heavy atom. The Hall–Kier alpha value is -3.08. The Bertz CT molecular complexity index is 802. The zero-order valence-corrected chi connectivity index (χ0v) is 15.2. The molecule has 0 amide bonds. The molecule has 0 aliphatic carbocycles. The van der Waals surface area contributed by atoms with Crippen LogP contribution in [-0.2, 0) is 6.61 Å². The van der Waals surface area contributed by atoms with Crippen molar-refractivity contribution in [2.75, 3.05) is 23.3 Å². The summed E-state index contributed by atoms with van der Waals surface area (Å²) in [6, 6.07) is 20.0. The zero-order valence-electron chi connectivity index (χ0n) is 15.2. The molecule has 0 aliphatic heterocycles. The van der Waals surface area contributed by atoms with Gasteiger partial charge in [-0.3, -0.25) is 0 Å². The fraction of sp³-hybridized carbons (Fsp3) is 0.238. The van der Waals surface area contributed by atoms with Crippen LogP contribution in [0.2, 0.25) is 0 Å². The molecule has 0 saturated carbocycles. The summed E-state index contributed by atoms with van der Waals surface area (Å²) in [6.45, 7) is 6.63. The number of hydrogen-bond acceptors (Lipinski definition) is 5. The van der Waals surface area contributed by atoms with E-state index in [4.69, 9.17) is 4.74 Å². The minimum absolute atomic E-state index is 0.562. The predicted octanol–water partition coefficient (Wildman–Crippen LogP) is 4.65. The van der Waals surface area contributed by atoms with Crippen molar-refractivity contribution in [3.05, 3.63) is 72.6 Å². The first-order valence-electron chi connectivity index (χ1n) is 8.89. The van der Waals surface area contributed by atoms with Crippen LogP contribution in [-0.4, -0.2) is 23.1 Å². The van der Waals surface area contributed by atoms with Gasteiger partial charge in [-0.1, -0.05) is 30.3 Å². The number of rotatable bonds is 8. The Morgan fingerprint density at radius 2 is 1.65 bits per heavy atom. The van der Waals surface area contributed by atoms with Crippen molar-refractivity contribution < 1.29 is 4.74 Å². The quantitative estimate of drug-likeness (QED) is 0.642. The fourth-order valence-corrected chi connectivity index (χ4v) is 2.66. The third-order valence-electron chi connectivity index (χ3n) is 4.12. The molecule has 0 radical (unpaired) electrons. The average molecular weight is 348 g/mol. The van der Waals surface area contributed by atoms with Crippen LogP contribution in [0, 0.1) is 0 Å². The highest BCUT2D eigenvalue weighted by molar-refractivity contribution is 5.60. The van der Waals surface area contributed by atoms with E-state index in [0.29, 0.717) is 6.61 Å². The van der Waals surface area contributed by atoms with Gasteiger partial charge < -0.3 is 15.0 Å². The van der Waals surface area contributed by atoms with Gasteiger partial charge in [0.2, 0.25) is 0 Å². The molecule has 26 heavy (non-hydrogen) atoms. The van der Waals surface area contributed by atoms with Gasteiger partial charge in [-0.25, -0.2) is 9.97 Å². The highest BCUT2D eigenvalue weighted by Gasteiger charge is 2.05. The van der Waals surface area contributed by atoms with E-state index < -0.39 is 0 Å². The minimum atomic E-state index is 0.562. The lowest BCUT2D eigenvalue weighted by molar-refractivity contribution is 0.306. The second-order valence-corrected chi connectivity index (χ2v) is 5.86. The second-order valence-electron chi connectivity index (χ2n) is 5.86. The number of aromatic nitrogens is 2. The molecule has 0 bridgehead atoms. The van der Waals surface area contributed by atoms with Crippen molar-refractivity contribution in [1.82, 2.24) is 9.97 Å². The summed E-state index contributed by atoms with van der Waals surface area (Å²) in [5, 5.41) is 3.32. The van der Waals surface area contributed by atoms with Gasteiger partial charge in [0, 0.05) is 24.8 Å². The van der Waals surface area contributed by atoms with Gasteiger partial charge in [-0.2, -0.15) is 0 Å². The van der Waals surface area contributed by atoms with Crippen molar-refractivity contribution in [2.45, 2.75) is 20.5 Å². The first kappa shape index (κ1) is 17.7. The first-order chi connectivity index (χ1) is 12.8. The molecule has 3 rings (SSSR count). The van der Waals surface area contributed by atoms with Gasteiger partial charge in [0.05, 0.1) is 0 Å². The summed E-state index contributed by atoms with van der Waals surface area (Å²) in [5.74, 6) is 2.54. The van der Waals surface area contributed by atoms with Gasteiger partial charge in [0.1, 0.15) is 30.3 Å². The van der Waals surface area contributed by atoms with Crippen LogP contribution in [0.5, 0.6) is 5.75 Å². The Kier molecular flexibility index (Phi) is 6.04. The van der Waals surface area contributed by atoms with Gasteiger partial charge in [0.25, 0.3) is 0 Å². The van der Waals surface area contributed by atoms with E-state index in [1.165, 1.54) is 0 Å². The summed E-state index contributed by atoms with van der Waals surface area (Å²) < 4.78 is 5.82. The lowest BCUT2D eigenvalue weighted by Crippen LogP contribution is -2.23. The number of ether oxygens (including phenoxy) is 1. The molecular weight excluding hydrogens is 324 g/mol. The molecule has 134 valence electrons. The van der Waals surface area contributed by atoms with Gasteiger partial charge in [0.15, 0.2) is 0 Å². The van der Waals surface area contributed by atoms with Crippen molar-refractivity contribution in [2.24, 2.45) is 0 Å². The van der Waals surface area contributed by atoms with E-state index in [9.17, 15) is 0 Å². The molecule has 1 heterocycles. The summed E-state index contributed by atoms with van der Waals surface area (Å²) in [5.41, 5.74) is 2.11. The Balaban J connectivity index is 1.61. The molecule has 3 aromatic rings. The molecule has 0 atom stereocenters.